The second-order valence-electron chi connectivity index (χ2n) is 9.25. The summed E-state index contributed by atoms with van der Waals surface area (Å²) < 4.78 is 0. The Labute approximate surface area is 146 Å². The molecule has 2 aliphatic rings. The van der Waals surface area contributed by atoms with Crippen molar-refractivity contribution >= 4 is 5.78 Å². The summed E-state index contributed by atoms with van der Waals surface area (Å²) in [5.41, 5.74) is 2.38. The van der Waals surface area contributed by atoms with Gasteiger partial charge in [0.25, 0.3) is 0 Å². The number of phenols is 1. The molecule has 2 saturated carbocycles. The van der Waals surface area contributed by atoms with Gasteiger partial charge < -0.3 is 5.11 Å². The SMILES string of the molecule is Cc1cc(O)cc(CC2C(C)CCC3C(C)(C)C(=O)CCC23C)c1. The van der Waals surface area contributed by atoms with Crippen LogP contribution in [0.4, 0.5) is 0 Å². The normalized spacial score (nSPS) is 35.5. The van der Waals surface area contributed by atoms with Crippen LogP contribution >= 0.6 is 0 Å². The van der Waals surface area contributed by atoms with Gasteiger partial charge in [-0.2, -0.15) is 0 Å². The second-order valence-corrected chi connectivity index (χ2v) is 9.25. The van der Waals surface area contributed by atoms with Gasteiger partial charge in [0.1, 0.15) is 11.5 Å². The van der Waals surface area contributed by atoms with Gasteiger partial charge in [0.05, 0.1) is 0 Å². The molecule has 24 heavy (non-hydrogen) atoms. The highest BCUT2D eigenvalue weighted by molar-refractivity contribution is 5.85. The molecule has 0 aromatic heterocycles. The number of fused-ring (bicyclic) bond motifs is 1. The number of aromatic hydroxyl groups is 1. The lowest BCUT2D eigenvalue weighted by atomic mass is 9.45. The molecule has 1 N–H and O–H groups in total. The van der Waals surface area contributed by atoms with Crippen molar-refractivity contribution in [3.63, 3.8) is 0 Å². The van der Waals surface area contributed by atoms with Crippen LogP contribution in [-0.2, 0) is 11.2 Å². The lowest BCUT2D eigenvalue weighted by molar-refractivity contribution is -0.150. The molecular weight excluding hydrogens is 296 g/mol. The fourth-order valence-electron chi connectivity index (χ4n) is 5.96. The number of hydrogen-bond donors (Lipinski definition) is 1. The summed E-state index contributed by atoms with van der Waals surface area (Å²) in [5, 5.41) is 9.96. The molecule has 0 radical (unpaired) electrons. The molecule has 2 aliphatic carbocycles. The zero-order valence-electron chi connectivity index (χ0n) is 15.9. The Morgan fingerprint density at radius 2 is 1.88 bits per heavy atom. The zero-order valence-corrected chi connectivity index (χ0v) is 15.9. The maximum atomic E-state index is 12.5. The second kappa shape index (κ2) is 5.89. The van der Waals surface area contributed by atoms with E-state index in [9.17, 15) is 9.90 Å². The fraction of sp³-hybridized carbons (Fsp3) is 0.682. The maximum Gasteiger partial charge on any atom is 0.138 e. The summed E-state index contributed by atoms with van der Waals surface area (Å²) in [6, 6.07) is 5.95. The summed E-state index contributed by atoms with van der Waals surface area (Å²) >= 11 is 0. The quantitative estimate of drug-likeness (QED) is 0.799. The number of rotatable bonds is 2. The van der Waals surface area contributed by atoms with E-state index < -0.39 is 0 Å². The van der Waals surface area contributed by atoms with Gasteiger partial charge in [-0.05, 0) is 72.6 Å². The van der Waals surface area contributed by atoms with E-state index in [1.807, 2.05) is 19.1 Å². The van der Waals surface area contributed by atoms with Crippen molar-refractivity contribution in [3.05, 3.63) is 29.3 Å². The topological polar surface area (TPSA) is 37.3 Å². The van der Waals surface area contributed by atoms with Gasteiger partial charge in [0, 0.05) is 11.8 Å². The monoisotopic (exact) mass is 328 g/mol. The molecule has 2 nitrogen and oxygen atoms in total. The van der Waals surface area contributed by atoms with Crippen molar-refractivity contribution < 1.29 is 9.90 Å². The summed E-state index contributed by atoms with van der Waals surface area (Å²) in [6.45, 7) is 11.2. The molecule has 4 atom stereocenters. The van der Waals surface area contributed by atoms with Gasteiger partial charge in [-0.1, -0.05) is 40.2 Å². The number of hydrogen-bond acceptors (Lipinski definition) is 2. The maximum absolute atomic E-state index is 12.5. The molecule has 1 aromatic carbocycles. The van der Waals surface area contributed by atoms with Crippen LogP contribution in [0.5, 0.6) is 5.75 Å². The van der Waals surface area contributed by atoms with Crippen LogP contribution < -0.4 is 0 Å². The first-order chi connectivity index (χ1) is 11.1. The summed E-state index contributed by atoms with van der Waals surface area (Å²) in [7, 11) is 0. The minimum atomic E-state index is -0.194. The van der Waals surface area contributed by atoms with E-state index >= 15 is 0 Å². The van der Waals surface area contributed by atoms with Crippen LogP contribution in [0.3, 0.4) is 0 Å². The Morgan fingerprint density at radius 1 is 1.17 bits per heavy atom. The Morgan fingerprint density at radius 3 is 2.54 bits per heavy atom. The third-order valence-corrected chi connectivity index (χ3v) is 7.30. The molecule has 0 amide bonds. The van der Waals surface area contributed by atoms with Crippen molar-refractivity contribution in [1.29, 1.82) is 0 Å². The van der Waals surface area contributed by atoms with Gasteiger partial charge in [0.2, 0.25) is 0 Å². The zero-order chi connectivity index (χ0) is 17.7. The van der Waals surface area contributed by atoms with Gasteiger partial charge in [-0.25, -0.2) is 0 Å². The molecule has 0 spiro atoms. The Kier molecular flexibility index (Phi) is 4.30. The average molecular weight is 328 g/mol. The number of phenolic OH excluding ortho intramolecular Hbond substituents is 1. The highest BCUT2D eigenvalue weighted by Crippen LogP contribution is 2.60. The fourth-order valence-corrected chi connectivity index (χ4v) is 5.96. The number of Topliss-reactive ketones (excluding diaryl/α,β-unsaturated/α-hetero) is 1. The molecule has 0 aliphatic heterocycles. The first-order valence-corrected chi connectivity index (χ1v) is 9.47. The first kappa shape index (κ1) is 17.5. The van der Waals surface area contributed by atoms with Crippen LogP contribution in [0.2, 0.25) is 0 Å². The lowest BCUT2D eigenvalue weighted by Gasteiger charge is -2.58. The number of aryl methyl sites for hydroxylation is 1. The summed E-state index contributed by atoms with van der Waals surface area (Å²) in [4.78, 5) is 12.5. The molecule has 1 aromatic rings. The predicted molar refractivity (Wildman–Crippen MR) is 98.1 cm³/mol. The third kappa shape index (κ3) is 2.78. The van der Waals surface area contributed by atoms with Crippen LogP contribution in [-0.4, -0.2) is 10.9 Å². The number of ketones is 1. The smallest absolute Gasteiger partial charge is 0.138 e. The molecule has 0 bridgehead atoms. The van der Waals surface area contributed by atoms with Crippen molar-refractivity contribution in [1.82, 2.24) is 0 Å². The van der Waals surface area contributed by atoms with Crippen LogP contribution in [0.1, 0.15) is 64.5 Å². The standard InChI is InChI=1S/C22H32O2/c1-14-10-16(12-17(23)11-14)13-18-15(2)6-7-19-21(3,4)20(24)8-9-22(18,19)5/h10-12,15,18-19,23H,6-9,13H2,1-5H3. The lowest BCUT2D eigenvalue weighted by Crippen LogP contribution is -2.55. The van der Waals surface area contributed by atoms with E-state index in [4.69, 9.17) is 0 Å². The third-order valence-electron chi connectivity index (χ3n) is 7.30. The number of carbonyl (C=O) groups excluding carboxylic acids is 1. The van der Waals surface area contributed by atoms with Gasteiger partial charge in [0.15, 0.2) is 0 Å². The van der Waals surface area contributed by atoms with Gasteiger partial charge in [-0.15, -0.1) is 0 Å². The molecule has 0 saturated heterocycles. The molecule has 2 fully saturated rings. The molecule has 3 rings (SSSR count). The predicted octanol–water partition coefficient (Wildman–Crippen LogP) is 5.30. The highest BCUT2D eigenvalue weighted by Gasteiger charge is 2.56. The molecule has 132 valence electrons. The van der Waals surface area contributed by atoms with E-state index in [2.05, 4.69) is 33.8 Å². The van der Waals surface area contributed by atoms with Crippen LogP contribution in [0, 0.1) is 35.5 Å². The summed E-state index contributed by atoms with van der Waals surface area (Å²) in [6.07, 6.45) is 5.13. The minimum Gasteiger partial charge on any atom is -0.508 e. The molecule has 4 unspecified atom stereocenters. The van der Waals surface area contributed by atoms with Gasteiger partial charge in [-0.3, -0.25) is 4.79 Å². The van der Waals surface area contributed by atoms with E-state index in [0.717, 1.165) is 24.8 Å². The number of carbonyl (C=O) groups is 1. The Balaban J connectivity index is 1.95. The van der Waals surface area contributed by atoms with Crippen LogP contribution in [0.25, 0.3) is 0 Å². The Bertz CT molecular complexity index is 625. The van der Waals surface area contributed by atoms with E-state index in [-0.39, 0.29) is 10.8 Å². The van der Waals surface area contributed by atoms with E-state index in [0.29, 0.717) is 29.3 Å². The van der Waals surface area contributed by atoms with Crippen molar-refractivity contribution in [2.45, 2.75) is 66.7 Å². The van der Waals surface area contributed by atoms with Crippen molar-refractivity contribution in [2.24, 2.45) is 28.6 Å². The largest absolute Gasteiger partial charge is 0.508 e. The molecule has 2 heteroatoms. The van der Waals surface area contributed by atoms with Crippen molar-refractivity contribution in [3.8, 4) is 5.75 Å². The van der Waals surface area contributed by atoms with E-state index in [1.54, 1.807) is 0 Å². The molecule has 0 heterocycles. The molecular formula is C22H32O2. The van der Waals surface area contributed by atoms with Crippen LogP contribution in [0.15, 0.2) is 18.2 Å². The van der Waals surface area contributed by atoms with Crippen molar-refractivity contribution in [2.75, 3.05) is 0 Å². The van der Waals surface area contributed by atoms with Gasteiger partial charge >= 0.3 is 0 Å². The minimum absolute atomic E-state index is 0.194. The average Bonchev–Trinajstić information content (AvgIpc) is 2.46. The highest BCUT2D eigenvalue weighted by atomic mass is 16.3. The van der Waals surface area contributed by atoms with E-state index in [1.165, 1.54) is 18.4 Å². The number of benzene rings is 1. The summed E-state index contributed by atoms with van der Waals surface area (Å²) in [5.74, 6) is 2.54. The Hall–Kier alpha value is -1.31. The first-order valence-electron chi connectivity index (χ1n) is 9.47.